The van der Waals surface area contributed by atoms with E-state index >= 15 is 0 Å². The molecule has 0 saturated heterocycles. The van der Waals surface area contributed by atoms with E-state index in [-0.39, 0.29) is 0 Å². The first-order chi connectivity index (χ1) is 4.92. The summed E-state index contributed by atoms with van der Waals surface area (Å²) in [5.41, 5.74) is 0. The molecule has 2 saturated carbocycles. The molecular weight excluding hydrogens is 124 g/mol. The zero-order chi connectivity index (χ0) is 6.97. The molecule has 2 heteroatoms. The normalized spacial score (nSPS) is 24.4. The highest BCUT2D eigenvalue weighted by Crippen LogP contribution is 2.44. The molecule has 0 aromatic carbocycles. The minimum atomic E-state index is 0.546. The van der Waals surface area contributed by atoms with E-state index in [2.05, 4.69) is 11.5 Å². The topological polar surface area (TPSA) is 35.8 Å². The highest BCUT2D eigenvalue weighted by atomic mass is 14.9. The van der Waals surface area contributed by atoms with Gasteiger partial charge in [0.15, 0.2) is 6.19 Å². The molecule has 0 radical (unpaired) electrons. The Balaban J connectivity index is 1.87. The Morgan fingerprint density at radius 3 is 2.00 bits per heavy atom. The maximum atomic E-state index is 8.43. The van der Waals surface area contributed by atoms with Crippen molar-refractivity contribution in [2.45, 2.75) is 31.7 Å². The van der Waals surface area contributed by atoms with E-state index in [1.165, 1.54) is 25.7 Å². The molecule has 0 aromatic heterocycles. The van der Waals surface area contributed by atoms with E-state index in [4.69, 9.17) is 5.26 Å². The quantitative estimate of drug-likeness (QED) is 0.468. The third kappa shape index (κ3) is 1.09. The van der Waals surface area contributed by atoms with Crippen LogP contribution in [0.25, 0.3) is 0 Å². The standard InChI is InChI=1S/C8H12N2/c9-5-10-8(6-1-2-6)7-3-4-7/h6-8,10H,1-4H2. The van der Waals surface area contributed by atoms with E-state index in [1.807, 2.05) is 0 Å². The predicted octanol–water partition coefficient (Wildman–Crippen LogP) is 1.25. The van der Waals surface area contributed by atoms with Gasteiger partial charge in [-0.2, -0.15) is 5.26 Å². The van der Waals surface area contributed by atoms with Crippen LogP contribution in [-0.4, -0.2) is 6.04 Å². The summed E-state index contributed by atoms with van der Waals surface area (Å²) < 4.78 is 0. The fourth-order valence-electron chi connectivity index (χ4n) is 1.61. The number of rotatable bonds is 3. The van der Waals surface area contributed by atoms with Gasteiger partial charge in [-0.3, -0.25) is 0 Å². The van der Waals surface area contributed by atoms with Crippen molar-refractivity contribution >= 4 is 0 Å². The van der Waals surface area contributed by atoms with E-state index < -0.39 is 0 Å². The Kier molecular flexibility index (Phi) is 1.30. The highest BCUT2D eigenvalue weighted by Gasteiger charge is 2.41. The third-order valence-corrected chi connectivity index (χ3v) is 2.49. The molecule has 2 fully saturated rings. The zero-order valence-corrected chi connectivity index (χ0v) is 6.01. The molecule has 1 N–H and O–H groups in total. The third-order valence-electron chi connectivity index (χ3n) is 2.49. The second-order valence-corrected chi connectivity index (χ2v) is 3.46. The smallest absolute Gasteiger partial charge is 0.176 e. The second kappa shape index (κ2) is 2.16. The molecule has 0 aromatic rings. The number of hydrogen-bond donors (Lipinski definition) is 1. The molecule has 2 aliphatic carbocycles. The van der Waals surface area contributed by atoms with Gasteiger partial charge in [0, 0.05) is 6.04 Å². The first-order valence-electron chi connectivity index (χ1n) is 4.06. The molecule has 0 aliphatic heterocycles. The molecule has 0 spiro atoms. The Morgan fingerprint density at radius 1 is 1.20 bits per heavy atom. The van der Waals surface area contributed by atoms with Crippen LogP contribution in [0.5, 0.6) is 0 Å². The number of nitriles is 1. The number of hydrogen-bond acceptors (Lipinski definition) is 2. The molecule has 0 atom stereocenters. The lowest BCUT2D eigenvalue weighted by Gasteiger charge is -2.11. The first-order valence-corrected chi connectivity index (χ1v) is 4.06. The van der Waals surface area contributed by atoms with Gasteiger partial charge in [0.05, 0.1) is 0 Å². The van der Waals surface area contributed by atoms with Crippen LogP contribution in [0.15, 0.2) is 0 Å². The Morgan fingerprint density at radius 2 is 1.70 bits per heavy atom. The lowest BCUT2D eigenvalue weighted by atomic mass is 10.1. The van der Waals surface area contributed by atoms with Crippen molar-refractivity contribution in [3.63, 3.8) is 0 Å². The van der Waals surface area contributed by atoms with Crippen LogP contribution in [0, 0.1) is 23.3 Å². The molecule has 10 heavy (non-hydrogen) atoms. The van der Waals surface area contributed by atoms with Gasteiger partial charge in [0.1, 0.15) is 0 Å². The molecule has 0 heterocycles. The van der Waals surface area contributed by atoms with Gasteiger partial charge in [-0.15, -0.1) is 0 Å². The molecule has 2 aliphatic rings. The van der Waals surface area contributed by atoms with Crippen molar-refractivity contribution < 1.29 is 0 Å². The van der Waals surface area contributed by atoms with Gasteiger partial charge >= 0.3 is 0 Å². The van der Waals surface area contributed by atoms with Gasteiger partial charge < -0.3 is 5.32 Å². The molecule has 0 bridgehead atoms. The summed E-state index contributed by atoms with van der Waals surface area (Å²) >= 11 is 0. The van der Waals surface area contributed by atoms with Crippen LogP contribution < -0.4 is 5.32 Å². The van der Waals surface area contributed by atoms with Crippen molar-refractivity contribution in [2.75, 3.05) is 0 Å². The maximum absolute atomic E-state index is 8.43. The van der Waals surface area contributed by atoms with Crippen molar-refractivity contribution in [1.29, 1.82) is 5.26 Å². The van der Waals surface area contributed by atoms with Gasteiger partial charge in [-0.05, 0) is 37.5 Å². The largest absolute Gasteiger partial charge is 0.320 e. The summed E-state index contributed by atoms with van der Waals surface area (Å²) in [4.78, 5) is 0. The molecule has 2 nitrogen and oxygen atoms in total. The van der Waals surface area contributed by atoms with Crippen LogP contribution in [0.4, 0.5) is 0 Å². The molecular formula is C8H12N2. The number of nitrogens with zero attached hydrogens (tertiary/aromatic N) is 1. The lowest BCUT2D eigenvalue weighted by Crippen LogP contribution is -2.28. The summed E-state index contributed by atoms with van der Waals surface area (Å²) in [6.45, 7) is 0. The molecule has 2 rings (SSSR count). The minimum Gasteiger partial charge on any atom is -0.320 e. The summed E-state index contributed by atoms with van der Waals surface area (Å²) in [6.07, 6.45) is 7.43. The average molecular weight is 136 g/mol. The Labute approximate surface area is 61.2 Å². The van der Waals surface area contributed by atoms with Crippen molar-refractivity contribution in [3.05, 3.63) is 0 Å². The Bertz CT molecular complexity index is 151. The summed E-state index contributed by atoms with van der Waals surface area (Å²) in [6, 6.07) is 0.546. The van der Waals surface area contributed by atoms with Crippen molar-refractivity contribution in [2.24, 2.45) is 11.8 Å². The molecule has 0 unspecified atom stereocenters. The van der Waals surface area contributed by atoms with E-state index in [9.17, 15) is 0 Å². The van der Waals surface area contributed by atoms with Crippen molar-refractivity contribution in [3.8, 4) is 6.19 Å². The Hall–Kier alpha value is -0.710. The van der Waals surface area contributed by atoms with Crippen LogP contribution in [0.3, 0.4) is 0 Å². The van der Waals surface area contributed by atoms with Crippen LogP contribution >= 0.6 is 0 Å². The summed E-state index contributed by atoms with van der Waals surface area (Å²) in [5, 5.41) is 11.3. The highest BCUT2D eigenvalue weighted by molar-refractivity contribution is 4.98. The monoisotopic (exact) mass is 136 g/mol. The fraction of sp³-hybridized carbons (Fsp3) is 0.875. The van der Waals surface area contributed by atoms with Crippen LogP contribution in [0.1, 0.15) is 25.7 Å². The summed E-state index contributed by atoms with van der Waals surface area (Å²) in [7, 11) is 0. The van der Waals surface area contributed by atoms with Gasteiger partial charge in [0.2, 0.25) is 0 Å². The maximum Gasteiger partial charge on any atom is 0.176 e. The zero-order valence-electron chi connectivity index (χ0n) is 6.01. The first kappa shape index (κ1) is 6.03. The lowest BCUT2D eigenvalue weighted by molar-refractivity contribution is 0.473. The van der Waals surface area contributed by atoms with E-state index in [0.717, 1.165) is 11.8 Å². The predicted molar refractivity (Wildman–Crippen MR) is 38.0 cm³/mol. The second-order valence-electron chi connectivity index (χ2n) is 3.46. The fourth-order valence-corrected chi connectivity index (χ4v) is 1.61. The number of nitrogens with one attached hydrogen (secondary N) is 1. The van der Waals surface area contributed by atoms with Crippen LogP contribution in [0.2, 0.25) is 0 Å². The van der Waals surface area contributed by atoms with Crippen molar-refractivity contribution in [1.82, 2.24) is 5.32 Å². The minimum absolute atomic E-state index is 0.546. The molecule has 54 valence electrons. The van der Waals surface area contributed by atoms with Gasteiger partial charge in [0.25, 0.3) is 0 Å². The van der Waals surface area contributed by atoms with Gasteiger partial charge in [-0.25, -0.2) is 0 Å². The van der Waals surface area contributed by atoms with Crippen LogP contribution in [-0.2, 0) is 0 Å². The van der Waals surface area contributed by atoms with E-state index in [1.54, 1.807) is 0 Å². The molecule has 0 amide bonds. The van der Waals surface area contributed by atoms with E-state index in [0.29, 0.717) is 6.04 Å². The average Bonchev–Trinajstić information content (AvgIpc) is 2.77. The van der Waals surface area contributed by atoms with Gasteiger partial charge in [-0.1, -0.05) is 0 Å². The summed E-state index contributed by atoms with van der Waals surface area (Å²) in [5.74, 6) is 1.68. The SMILES string of the molecule is N#CNC(C1CC1)C1CC1.